The normalized spacial score (nSPS) is 19.5. The van der Waals surface area contributed by atoms with E-state index >= 15 is 0 Å². The number of rotatable bonds is 11. The number of hydrogen-bond acceptors (Lipinski definition) is 7. The molecule has 10 nitrogen and oxygen atoms in total. The maximum absolute atomic E-state index is 13.9. The Hall–Kier alpha value is -3.83. The fourth-order valence-electron chi connectivity index (χ4n) is 5.41. The number of methoxy groups -OCH3 is 1. The van der Waals surface area contributed by atoms with Crippen molar-refractivity contribution in [2.45, 2.75) is 89.4 Å². The summed E-state index contributed by atoms with van der Waals surface area (Å²) in [6.07, 6.45) is 7.83. The Kier molecular flexibility index (Phi) is 12.0. The van der Waals surface area contributed by atoms with Crippen molar-refractivity contribution in [3.63, 3.8) is 0 Å². The van der Waals surface area contributed by atoms with E-state index in [1.54, 1.807) is 6.08 Å². The summed E-state index contributed by atoms with van der Waals surface area (Å²) >= 11 is 0. The summed E-state index contributed by atoms with van der Waals surface area (Å²) < 4.78 is 38.1. The molecule has 230 valence electrons. The number of likely N-dealkylation sites (tertiary alicyclic amines) is 1. The Labute approximate surface area is 244 Å². The molecule has 4 atom stereocenters. The molecule has 1 saturated carbocycles. The summed E-state index contributed by atoms with van der Waals surface area (Å²) in [5.41, 5.74) is 0.101. The lowest BCUT2D eigenvalue weighted by molar-refractivity contribution is -0.163. The summed E-state index contributed by atoms with van der Waals surface area (Å²) in [5, 5.41) is 5.02. The first-order valence-corrected chi connectivity index (χ1v) is 14.3. The van der Waals surface area contributed by atoms with Gasteiger partial charge in [0.15, 0.2) is 6.04 Å². The summed E-state index contributed by atoms with van der Waals surface area (Å²) in [4.78, 5) is 65.0. The number of amides is 3. The summed E-state index contributed by atoms with van der Waals surface area (Å²) in [7, 11) is 1.09. The largest absolute Gasteiger partial charge is 0.467 e. The minimum absolute atomic E-state index is 0.101. The Morgan fingerprint density at radius 3 is 2.29 bits per heavy atom. The molecular weight excluding hydrogens is 552 g/mol. The Morgan fingerprint density at radius 1 is 1.00 bits per heavy atom. The van der Waals surface area contributed by atoms with E-state index in [1.807, 2.05) is 0 Å². The molecule has 1 aliphatic heterocycles. The quantitative estimate of drug-likeness (QED) is 0.299. The van der Waals surface area contributed by atoms with Crippen LogP contribution in [0.2, 0.25) is 0 Å². The lowest BCUT2D eigenvalue weighted by Gasteiger charge is -2.28. The summed E-state index contributed by atoms with van der Waals surface area (Å²) in [5.74, 6) is -4.85. The van der Waals surface area contributed by atoms with Gasteiger partial charge >= 0.3 is 11.9 Å². The number of esters is 2. The second-order valence-corrected chi connectivity index (χ2v) is 10.8. The average Bonchev–Trinajstić information content (AvgIpc) is 3.45. The number of hydrogen-bond donors (Lipinski definition) is 2. The number of halogens is 2. The number of carbonyl (C=O) groups is 5. The molecule has 2 aliphatic rings. The fourth-order valence-corrected chi connectivity index (χ4v) is 5.41. The zero-order valence-corrected chi connectivity index (χ0v) is 24.2. The molecular formula is C30H39F2N3O7. The Morgan fingerprint density at radius 2 is 1.67 bits per heavy atom. The number of allylic oxidation sites excluding steroid dienone is 1. The van der Waals surface area contributed by atoms with Crippen molar-refractivity contribution in [3.8, 4) is 0 Å². The second-order valence-electron chi connectivity index (χ2n) is 10.8. The fraction of sp³-hybridized carbons (Fsp3) is 0.567. The van der Waals surface area contributed by atoms with Gasteiger partial charge in [0, 0.05) is 26.0 Å². The highest BCUT2D eigenvalue weighted by Crippen LogP contribution is 2.24. The van der Waals surface area contributed by atoms with E-state index in [0.29, 0.717) is 25.5 Å². The number of nitrogens with zero attached hydrogens (tertiary/aromatic N) is 1. The van der Waals surface area contributed by atoms with E-state index in [9.17, 15) is 32.8 Å². The summed E-state index contributed by atoms with van der Waals surface area (Å²) in [6.45, 7) is 3.13. The standard InChI is InChI=1S/C30H39F2N3O7/c1-18(42-29(39)25-10-7-13-35(25)19(2)36)27(30(40)41-3)34-28(38)24(16-21-14-22(31)17-23(32)15-21)33-26(37)12-11-20-8-5-4-6-9-20/h11-12,14-15,17-18,20,24-25,27H,4-10,13,16H2,1-3H3,(H,33,37)(H,34,38)/b12-11+/t18-,24+,25?,27+/m1/s1. The van der Waals surface area contributed by atoms with Crippen molar-refractivity contribution in [1.82, 2.24) is 15.5 Å². The van der Waals surface area contributed by atoms with Crippen molar-refractivity contribution in [2.24, 2.45) is 5.92 Å². The molecule has 1 aromatic rings. The maximum atomic E-state index is 13.9. The molecule has 0 radical (unpaired) electrons. The molecule has 1 unspecified atom stereocenters. The van der Waals surface area contributed by atoms with E-state index in [4.69, 9.17) is 9.47 Å². The molecule has 2 N–H and O–H groups in total. The molecule has 0 aromatic heterocycles. The van der Waals surface area contributed by atoms with E-state index in [0.717, 1.165) is 51.3 Å². The molecule has 2 fully saturated rings. The van der Waals surface area contributed by atoms with Crippen LogP contribution in [0, 0.1) is 17.6 Å². The predicted molar refractivity (Wildman–Crippen MR) is 148 cm³/mol. The first kappa shape index (κ1) is 32.7. The van der Waals surface area contributed by atoms with E-state index in [-0.39, 0.29) is 23.8 Å². The smallest absolute Gasteiger partial charge is 0.332 e. The van der Waals surface area contributed by atoms with Crippen LogP contribution in [0.15, 0.2) is 30.4 Å². The van der Waals surface area contributed by atoms with Crippen LogP contribution in [-0.2, 0) is 39.9 Å². The zero-order valence-electron chi connectivity index (χ0n) is 24.2. The van der Waals surface area contributed by atoms with Crippen molar-refractivity contribution >= 4 is 29.7 Å². The van der Waals surface area contributed by atoms with Crippen LogP contribution < -0.4 is 10.6 Å². The highest BCUT2D eigenvalue weighted by atomic mass is 19.1. The van der Waals surface area contributed by atoms with Gasteiger partial charge in [-0.05, 0) is 62.3 Å². The van der Waals surface area contributed by atoms with Crippen molar-refractivity contribution < 1.29 is 42.2 Å². The molecule has 1 saturated heterocycles. The molecule has 1 aliphatic carbocycles. The van der Waals surface area contributed by atoms with Gasteiger partial charge in [-0.2, -0.15) is 0 Å². The summed E-state index contributed by atoms with van der Waals surface area (Å²) in [6, 6.07) is -0.862. The van der Waals surface area contributed by atoms with Gasteiger partial charge in [0.25, 0.3) is 0 Å². The van der Waals surface area contributed by atoms with Gasteiger partial charge in [-0.3, -0.25) is 14.4 Å². The van der Waals surface area contributed by atoms with Gasteiger partial charge in [-0.25, -0.2) is 18.4 Å². The number of ether oxygens (including phenoxy) is 2. The monoisotopic (exact) mass is 591 g/mol. The Balaban J connectivity index is 1.76. The van der Waals surface area contributed by atoms with Crippen LogP contribution in [0.4, 0.5) is 8.78 Å². The van der Waals surface area contributed by atoms with Gasteiger partial charge in [-0.1, -0.05) is 25.3 Å². The zero-order chi connectivity index (χ0) is 30.8. The van der Waals surface area contributed by atoms with E-state index < -0.39 is 59.6 Å². The van der Waals surface area contributed by atoms with Gasteiger partial charge in [0.1, 0.15) is 29.8 Å². The van der Waals surface area contributed by atoms with Crippen LogP contribution >= 0.6 is 0 Å². The number of carbonyl (C=O) groups excluding carboxylic acids is 5. The predicted octanol–water partition coefficient (Wildman–Crippen LogP) is 2.73. The molecule has 42 heavy (non-hydrogen) atoms. The van der Waals surface area contributed by atoms with E-state index in [1.165, 1.54) is 24.8 Å². The van der Waals surface area contributed by atoms with Gasteiger partial charge in [0.2, 0.25) is 17.7 Å². The SMILES string of the molecule is COC(=O)[C@@H](NC(=O)[C@H](Cc1cc(F)cc(F)c1)NC(=O)/C=C/C1CCCCC1)[C@@H](C)OC(=O)C1CCCN1C(C)=O. The second kappa shape index (κ2) is 15.4. The first-order valence-electron chi connectivity index (χ1n) is 14.3. The molecule has 0 spiro atoms. The van der Waals surface area contributed by atoms with Crippen LogP contribution in [0.25, 0.3) is 0 Å². The number of nitrogens with one attached hydrogen (secondary N) is 2. The lowest BCUT2D eigenvalue weighted by Crippen LogP contribution is -2.56. The third-order valence-electron chi connectivity index (χ3n) is 7.62. The third-order valence-corrected chi connectivity index (χ3v) is 7.62. The highest BCUT2D eigenvalue weighted by Gasteiger charge is 2.38. The Bertz CT molecular complexity index is 1170. The highest BCUT2D eigenvalue weighted by molar-refractivity contribution is 5.94. The van der Waals surface area contributed by atoms with Crippen molar-refractivity contribution in [3.05, 3.63) is 47.5 Å². The topological polar surface area (TPSA) is 131 Å². The molecule has 3 amide bonds. The molecule has 12 heteroatoms. The third kappa shape index (κ3) is 9.35. The molecule has 1 heterocycles. The average molecular weight is 592 g/mol. The number of benzene rings is 1. The van der Waals surface area contributed by atoms with Gasteiger partial charge < -0.3 is 25.0 Å². The van der Waals surface area contributed by atoms with Gasteiger partial charge in [0.05, 0.1) is 7.11 Å². The van der Waals surface area contributed by atoms with Crippen molar-refractivity contribution in [1.29, 1.82) is 0 Å². The van der Waals surface area contributed by atoms with E-state index in [2.05, 4.69) is 10.6 Å². The van der Waals surface area contributed by atoms with Crippen LogP contribution in [0.3, 0.4) is 0 Å². The minimum Gasteiger partial charge on any atom is -0.467 e. The maximum Gasteiger partial charge on any atom is 0.332 e. The van der Waals surface area contributed by atoms with Crippen LogP contribution in [0.5, 0.6) is 0 Å². The minimum atomic E-state index is -1.47. The molecule has 1 aromatic carbocycles. The van der Waals surface area contributed by atoms with Crippen molar-refractivity contribution in [2.75, 3.05) is 13.7 Å². The van der Waals surface area contributed by atoms with Crippen LogP contribution in [-0.4, -0.2) is 72.4 Å². The lowest BCUT2D eigenvalue weighted by atomic mass is 9.89. The van der Waals surface area contributed by atoms with Gasteiger partial charge in [-0.15, -0.1) is 0 Å². The molecule has 3 rings (SSSR count). The molecule has 0 bridgehead atoms. The van der Waals surface area contributed by atoms with Crippen LogP contribution in [0.1, 0.15) is 64.4 Å². The first-order chi connectivity index (χ1) is 20.0.